The molecule has 0 spiro atoms. The van der Waals surface area contributed by atoms with Gasteiger partial charge in [-0.25, -0.2) is 9.59 Å². The Kier molecular flexibility index (Phi) is 7.72. The van der Waals surface area contributed by atoms with Crippen LogP contribution in [0.2, 0.25) is 10.0 Å². The maximum absolute atomic E-state index is 11.8. The van der Waals surface area contributed by atoms with Crippen LogP contribution in [-0.4, -0.2) is 38.9 Å². The van der Waals surface area contributed by atoms with Crippen molar-refractivity contribution in [3.05, 3.63) is 58.1 Å². The Morgan fingerprint density at radius 3 is 2.38 bits per heavy atom. The first-order valence-corrected chi connectivity index (χ1v) is 8.30. The molecule has 0 aliphatic heterocycles. The molecule has 6 nitrogen and oxygen atoms in total. The number of methoxy groups -OCH3 is 1. The highest BCUT2D eigenvalue weighted by Crippen LogP contribution is 2.27. The van der Waals surface area contributed by atoms with E-state index in [-0.39, 0.29) is 19.0 Å². The van der Waals surface area contributed by atoms with Crippen molar-refractivity contribution in [1.29, 1.82) is 0 Å². The minimum absolute atomic E-state index is 0.163. The van der Waals surface area contributed by atoms with E-state index in [1.165, 1.54) is 37.4 Å². The number of carbonyl (C=O) groups excluding carboxylic acids is 2. The smallest absolute Gasteiger partial charge is 0.349 e. The van der Waals surface area contributed by atoms with E-state index in [1.807, 2.05) is 0 Å². The zero-order valence-corrected chi connectivity index (χ0v) is 15.4. The van der Waals surface area contributed by atoms with Crippen LogP contribution in [0.15, 0.2) is 42.5 Å². The number of hydrogen-bond donors (Lipinski definition) is 0. The summed E-state index contributed by atoms with van der Waals surface area (Å²) in [5, 5.41) is 0.757. The van der Waals surface area contributed by atoms with Gasteiger partial charge in [-0.3, -0.25) is 0 Å². The predicted octanol–water partition coefficient (Wildman–Crippen LogP) is 3.78. The van der Waals surface area contributed by atoms with Crippen molar-refractivity contribution in [1.82, 2.24) is 0 Å². The topological polar surface area (TPSA) is 71.1 Å². The fourth-order valence-electron chi connectivity index (χ4n) is 1.85. The highest BCUT2D eigenvalue weighted by Gasteiger charge is 2.11. The first-order chi connectivity index (χ1) is 12.5. The molecular weight excluding hydrogens is 383 g/mol. The highest BCUT2D eigenvalue weighted by molar-refractivity contribution is 6.35. The second-order valence-electron chi connectivity index (χ2n) is 4.99. The Hall–Kier alpha value is -2.28. The van der Waals surface area contributed by atoms with Crippen LogP contribution in [0, 0.1) is 0 Å². The minimum atomic E-state index is -0.619. The van der Waals surface area contributed by atoms with Gasteiger partial charge in [0.1, 0.15) is 18.1 Å². The molecule has 0 saturated heterocycles. The van der Waals surface area contributed by atoms with Crippen molar-refractivity contribution in [2.24, 2.45) is 0 Å². The van der Waals surface area contributed by atoms with Crippen LogP contribution in [-0.2, 0) is 14.3 Å². The molecule has 0 aromatic heterocycles. The van der Waals surface area contributed by atoms with Gasteiger partial charge in [-0.05, 0) is 42.5 Å². The van der Waals surface area contributed by atoms with Gasteiger partial charge in [0, 0.05) is 12.1 Å². The Labute approximate surface area is 160 Å². The Morgan fingerprint density at radius 2 is 1.73 bits per heavy atom. The van der Waals surface area contributed by atoms with E-state index >= 15 is 0 Å². The largest absolute Gasteiger partial charge is 0.480 e. The van der Waals surface area contributed by atoms with Crippen molar-refractivity contribution in [2.75, 3.05) is 26.9 Å². The Bertz CT molecular complexity index is 761. The van der Waals surface area contributed by atoms with Crippen molar-refractivity contribution in [3.63, 3.8) is 0 Å². The molecule has 0 amide bonds. The molecular formula is C18H16Cl2O6. The zero-order chi connectivity index (χ0) is 18.9. The van der Waals surface area contributed by atoms with Gasteiger partial charge in [0.25, 0.3) is 0 Å². The maximum atomic E-state index is 11.8. The van der Waals surface area contributed by atoms with Gasteiger partial charge in [-0.15, -0.1) is 0 Å². The summed E-state index contributed by atoms with van der Waals surface area (Å²) in [7, 11) is 1.52. The normalized spacial score (nSPS) is 10.3. The van der Waals surface area contributed by atoms with Crippen LogP contribution in [0.5, 0.6) is 11.5 Å². The lowest BCUT2D eigenvalue weighted by Crippen LogP contribution is -2.18. The molecule has 0 N–H and O–H groups in total. The Morgan fingerprint density at radius 1 is 1.00 bits per heavy atom. The summed E-state index contributed by atoms with van der Waals surface area (Å²) >= 11 is 11.7. The summed E-state index contributed by atoms with van der Waals surface area (Å²) in [6.07, 6.45) is 0. The number of rotatable bonds is 8. The first-order valence-electron chi connectivity index (χ1n) is 7.54. The number of esters is 2. The second kappa shape index (κ2) is 10.0. The third kappa shape index (κ3) is 6.22. The molecule has 0 aliphatic rings. The van der Waals surface area contributed by atoms with Crippen LogP contribution < -0.4 is 9.47 Å². The number of ether oxygens (including phenoxy) is 4. The van der Waals surface area contributed by atoms with Gasteiger partial charge in [-0.2, -0.15) is 0 Å². The van der Waals surface area contributed by atoms with E-state index in [0.717, 1.165) is 0 Å². The molecule has 2 aromatic rings. The van der Waals surface area contributed by atoms with Crippen molar-refractivity contribution in [2.45, 2.75) is 0 Å². The second-order valence-corrected chi connectivity index (χ2v) is 5.83. The molecule has 0 bridgehead atoms. The molecule has 0 saturated carbocycles. The quantitative estimate of drug-likeness (QED) is 0.382. The summed E-state index contributed by atoms with van der Waals surface area (Å²) in [6, 6.07) is 10.6. The number of hydrogen-bond acceptors (Lipinski definition) is 6. The Balaban J connectivity index is 1.84. The van der Waals surface area contributed by atoms with Gasteiger partial charge >= 0.3 is 11.9 Å². The average molecular weight is 399 g/mol. The molecule has 8 heteroatoms. The highest BCUT2D eigenvalue weighted by atomic mass is 35.5. The molecule has 138 valence electrons. The maximum Gasteiger partial charge on any atom is 0.349 e. The van der Waals surface area contributed by atoms with Gasteiger partial charge in [0.2, 0.25) is 0 Å². The summed E-state index contributed by atoms with van der Waals surface area (Å²) in [5.74, 6) is -0.511. The summed E-state index contributed by atoms with van der Waals surface area (Å²) < 4.78 is 20.2. The van der Waals surface area contributed by atoms with E-state index < -0.39 is 11.9 Å². The van der Waals surface area contributed by atoms with E-state index in [2.05, 4.69) is 0 Å². The van der Waals surface area contributed by atoms with Gasteiger partial charge in [0.15, 0.2) is 6.61 Å². The lowest BCUT2D eigenvalue weighted by molar-refractivity contribution is -0.136. The number of halogens is 2. The molecule has 0 radical (unpaired) electrons. The monoisotopic (exact) mass is 398 g/mol. The van der Waals surface area contributed by atoms with Crippen molar-refractivity contribution < 1.29 is 28.5 Å². The van der Waals surface area contributed by atoms with Crippen LogP contribution in [0.4, 0.5) is 0 Å². The van der Waals surface area contributed by atoms with E-state index in [4.69, 9.17) is 42.1 Å². The molecule has 2 rings (SSSR count). The average Bonchev–Trinajstić information content (AvgIpc) is 2.61. The van der Waals surface area contributed by atoms with E-state index in [0.29, 0.717) is 28.0 Å². The fourth-order valence-corrected chi connectivity index (χ4v) is 2.31. The molecule has 0 atom stereocenters. The van der Waals surface area contributed by atoms with Crippen LogP contribution in [0.25, 0.3) is 0 Å². The van der Waals surface area contributed by atoms with Gasteiger partial charge in [-0.1, -0.05) is 23.2 Å². The zero-order valence-electron chi connectivity index (χ0n) is 13.9. The lowest BCUT2D eigenvalue weighted by atomic mass is 10.2. The predicted molar refractivity (Wildman–Crippen MR) is 96.2 cm³/mol. The summed E-state index contributed by atoms with van der Waals surface area (Å²) in [5.41, 5.74) is 0.338. The van der Waals surface area contributed by atoms with Crippen molar-refractivity contribution >= 4 is 35.1 Å². The number of benzene rings is 2. The summed E-state index contributed by atoms with van der Waals surface area (Å²) in [4.78, 5) is 23.6. The molecule has 0 heterocycles. The molecule has 26 heavy (non-hydrogen) atoms. The molecule has 0 aliphatic carbocycles. The van der Waals surface area contributed by atoms with Crippen LogP contribution in [0.1, 0.15) is 10.4 Å². The SMILES string of the molecule is COCCOC(=O)c1ccc(OC(=O)COc2ccc(Cl)cc2Cl)cc1. The van der Waals surface area contributed by atoms with E-state index in [9.17, 15) is 9.59 Å². The molecule has 2 aromatic carbocycles. The third-order valence-corrected chi connectivity index (χ3v) is 3.61. The van der Waals surface area contributed by atoms with Gasteiger partial charge < -0.3 is 18.9 Å². The molecule has 0 unspecified atom stereocenters. The van der Waals surface area contributed by atoms with E-state index in [1.54, 1.807) is 12.1 Å². The van der Waals surface area contributed by atoms with Crippen molar-refractivity contribution in [3.8, 4) is 11.5 Å². The van der Waals surface area contributed by atoms with Crippen LogP contribution >= 0.6 is 23.2 Å². The molecule has 0 fully saturated rings. The fraction of sp³-hybridized carbons (Fsp3) is 0.222. The first kappa shape index (κ1) is 20.0. The summed E-state index contributed by atoms with van der Waals surface area (Å²) in [6.45, 7) is 0.151. The van der Waals surface area contributed by atoms with Gasteiger partial charge in [0.05, 0.1) is 17.2 Å². The third-order valence-electron chi connectivity index (χ3n) is 3.08. The lowest BCUT2D eigenvalue weighted by Gasteiger charge is -2.09. The standard InChI is InChI=1S/C18H16Cl2O6/c1-23-8-9-24-18(22)12-2-5-14(6-3-12)26-17(21)11-25-16-7-4-13(19)10-15(16)20/h2-7,10H,8-9,11H2,1H3. The minimum Gasteiger partial charge on any atom is -0.480 e. The van der Waals surface area contributed by atoms with Crippen LogP contribution in [0.3, 0.4) is 0 Å². The number of carbonyl (C=O) groups is 2.